The summed E-state index contributed by atoms with van der Waals surface area (Å²) in [4.78, 5) is 4.47. The van der Waals surface area contributed by atoms with Gasteiger partial charge in [-0.1, -0.05) is 6.07 Å². The number of sulfonamides is 1. The van der Waals surface area contributed by atoms with E-state index in [0.29, 0.717) is 24.5 Å². The van der Waals surface area contributed by atoms with E-state index < -0.39 is 10.0 Å². The normalized spacial score (nSPS) is 23.9. The molecule has 0 saturated carbocycles. The van der Waals surface area contributed by atoms with Crippen LogP contribution in [-0.2, 0) is 16.4 Å². The second kappa shape index (κ2) is 6.40. The number of aromatic nitrogens is 1. The summed E-state index contributed by atoms with van der Waals surface area (Å²) in [6.07, 6.45) is 4.26. The minimum absolute atomic E-state index is 0.0929. The van der Waals surface area contributed by atoms with Gasteiger partial charge in [0, 0.05) is 38.4 Å². The summed E-state index contributed by atoms with van der Waals surface area (Å²) in [5.74, 6) is 0.788. The predicted molar refractivity (Wildman–Crippen MR) is 94.0 cm³/mol. The van der Waals surface area contributed by atoms with E-state index in [1.807, 2.05) is 19.1 Å². The monoisotopic (exact) mass is 359 g/mol. The molecule has 2 atom stereocenters. The minimum atomic E-state index is -3.59. The third-order valence-corrected chi connectivity index (χ3v) is 6.64. The molecule has 1 N–H and O–H groups in total. The van der Waals surface area contributed by atoms with Crippen molar-refractivity contribution in [2.24, 2.45) is 0 Å². The number of ether oxygens (including phenoxy) is 1. The van der Waals surface area contributed by atoms with Gasteiger partial charge >= 0.3 is 0 Å². The van der Waals surface area contributed by atoms with E-state index in [0.717, 1.165) is 23.3 Å². The molecule has 3 heterocycles. The van der Waals surface area contributed by atoms with Crippen molar-refractivity contribution in [2.75, 3.05) is 19.6 Å². The Morgan fingerprint density at radius 3 is 3.00 bits per heavy atom. The standard InChI is InChI=1S/C18H21N3O3S/c1-13-9-15-10-16(4-5-18(15)24-13)25(22,23)21-8-7-20-12-17(21)14-3-2-6-19-11-14/h2-6,10-11,13,17,20H,7-9,12H2,1H3. The lowest BCUT2D eigenvalue weighted by molar-refractivity contribution is 0.254. The van der Waals surface area contributed by atoms with Gasteiger partial charge in [0.1, 0.15) is 11.9 Å². The zero-order valence-corrected chi connectivity index (χ0v) is 14.9. The molecule has 0 bridgehead atoms. The molecule has 1 aromatic heterocycles. The molecule has 1 fully saturated rings. The lowest BCUT2D eigenvalue weighted by Crippen LogP contribution is -2.48. The van der Waals surface area contributed by atoms with Gasteiger partial charge in [0.2, 0.25) is 10.0 Å². The first-order chi connectivity index (χ1) is 12.1. The number of pyridine rings is 1. The molecule has 0 aliphatic carbocycles. The first kappa shape index (κ1) is 16.5. The molecule has 4 rings (SSSR count). The number of hydrogen-bond donors (Lipinski definition) is 1. The van der Waals surface area contributed by atoms with Crippen LogP contribution in [-0.4, -0.2) is 43.4 Å². The molecule has 2 unspecified atom stereocenters. The van der Waals surface area contributed by atoms with E-state index >= 15 is 0 Å². The molecule has 1 aromatic carbocycles. The van der Waals surface area contributed by atoms with Crippen LogP contribution in [0.3, 0.4) is 0 Å². The smallest absolute Gasteiger partial charge is 0.243 e. The molecule has 25 heavy (non-hydrogen) atoms. The van der Waals surface area contributed by atoms with E-state index in [1.54, 1.807) is 34.9 Å². The molecule has 0 amide bonds. The largest absolute Gasteiger partial charge is 0.490 e. The Morgan fingerprint density at radius 1 is 1.32 bits per heavy atom. The Labute approximate surface area is 147 Å². The SMILES string of the molecule is CC1Cc2cc(S(=O)(=O)N3CCNCC3c3cccnc3)ccc2O1. The second-order valence-electron chi connectivity index (χ2n) is 6.52. The average molecular weight is 359 g/mol. The van der Waals surface area contributed by atoms with Crippen molar-refractivity contribution in [1.29, 1.82) is 0 Å². The molecule has 2 aliphatic heterocycles. The summed E-state index contributed by atoms with van der Waals surface area (Å²) < 4.78 is 33.8. The number of nitrogens with zero attached hydrogens (tertiary/aromatic N) is 2. The molecule has 2 aromatic rings. The lowest BCUT2D eigenvalue weighted by Gasteiger charge is -2.35. The molecule has 6 nitrogen and oxygen atoms in total. The molecular formula is C18H21N3O3S. The fourth-order valence-corrected chi connectivity index (χ4v) is 5.19. The Kier molecular flexibility index (Phi) is 4.23. The van der Waals surface area contributed by atoms with Crippen molar-refractivity contribution in [1.82, 2.24) is 14.6 Å². The molecule has 132 valence electrons. The number of nitrogens with one attached hydrogen (secondary N) is 1. The van der Waals surface area contributed by atoms with Gasteiger partial charge in [-0.2, -0.15) is 4.31 Å². The highest BCUT2D eigenvalue weighted by atomic mass is 32.2. The molecular weight excluding hydrogens is 338 g/mol. The van der Waals surface area contributed by atoms with E-state index in [1.165, 1.54) is 0 Å². The Balaban J connectivity index is 1.70. The van der Waals surface area contributed by atoms with Gasteiger partial charge in [0.05, 0.1) is 10.9 Å². The van der Waals surface area contributed by atoms with Crippen LogP contribution >= 0.6 is 0 Å². The number of piperazine rings is 1. The van der Waals surface area contributed by atoms with Crippen LogP contribution < -0.4 is 10.1 Å². The minimum Gasteiger partial charge on any atom is -0.490 e. The highest BCUT2D eigenvalue weighted by molar-refractivity contribution is 7.89. The van der Waals surface area contributed by atoms with Crippen molar-refractivity contribution in [2.45, 2.75) is 30.4 Å². The van der Waals surface area contributed by atoms with Crippen molar-refractivity contribution in [3.8, 4) is 5.75 Å². The molecule has 7 heteroatoms. The number of hydrogen-bond acceptors (Lipinski definition) is 5. The number of rotatable bonds is 3. The maximum atomic E-state index is 13.3. The quantitative estimate of drug-likeness (QED) is 0.904. The maximum absolute atomic E-state index is 13.3. The topological polar surface area (TPSA) is 71.5 Å². The van der Waals surface area contributed by atoms with Crippen LogP contribution in [0, 0.1) is 0 Å². The van der Waals surface area contributed by atoms with Gasteiger partial charge in [-0.25, -0.2) is 8.42 Å². The van der Waals surface area contributed by atoms with E-state index in [2.05, 4.69) is 10.3 Å². The molecule has 0 radical (unpaired) electrons. The first-order valence-electron chi connectivity index (χ1n) is 8.48. The lowest BCUT2D eigenvalue weighted by atomic mass is 10.1. The van der Waals surface area contributed by atoms with Gasteiger partial charge in [-0.15, -0.1) is 0 Å². The molecule has 2 aliphatic rings. The molecule has 1 saturated heterocycles. The van der Waals surface area contributed by atoms with E-state index in [-0.39, 0.29) is 12.1 Å². The first-order valence-corrected chi connectivity index (χ1v) is 9.92. The zero-order chi connectivity index (χ0) is 17.4. The van der Waals surface area contributed by atoms with Crippen LogP contribution in [0.25, 0.3) is 0 Å². The summed E-state index contributed by atoms with van der Waals surface area (Å²) in [5, 5.41) is 3.28. The van der Waals surface area contributed by atoms with Crippen molar-refractivity contribution >= 4 is 10.0 Å². The van der Waals surface area contributed by atoms with E-state index in [4.69, 9.17) is 4.74 Å². The van der Waals surface area contributed by atoms with Gasteiger partial charge < -0.3 is 10.1 Å². The summed E-state index contributed by atoms with van der Waals surface area (Å²) in [7, 11) is -3.59. The van der Waals surface area contributed by atoms with E-state index in [9.17, 15) is 8.42 Å². The molecule has 0 spiro atoms. The summed E-state index contributed by atoms with van der Waals surface area (Å²) >= 11 is 0. The fourth-order valence-electron chi connectivity index (χ4n) is 3.52. The van der Waals surface area contributed by atoms with Crippen molar-refractivity contribution < 1.29 is 13.2 Å². The zero-order valence-electron chi connectivity index (χ0n) is 14.1. The Bertz CT molecular complexity index is 870. The van der Waals surface area contributed by atoms with Gasteiger partial charge in [-0.05, 0) is 42.3 Å². The van der Waals surface area contributed by atoms with Crippen LogP contribution in [0.5, 0.6) is 5.75 Å². The van der Waals surface area contributed by atoms with Crippen LogP contribution in [0.1, 0.15) is 24.1 Å². The summed E-state index contributed by atoms with van der Waals surface area (Å²) in [6, 6.07) is 8.68. The van der Waals surface area contributed by atoms with Crippen molar-refractivity contribution in [3.63, 3.8) is 0 Å². The average Bonchev–Trinajstić information content (AvgIpc) is 3.01. The number of fused-ring (bicyclic) bond motifs is 1. The second-order valence-corrected chi connectivity index (χ2v) is 8.41. The van der Waals surface area contributed by atoms with Crippen molar-refractivity contribution in [3.05, 3.63) is 53.9 Å². The number of benzene rings is 1. The van der Waals surface area contributed by atoms with Gasteiger partial charge in [0.25, 0.3) is 0 Å². The Hall–Kier alpha value is -1.96. The third-order valence-electron chi connectivity index (χ3n) is 4.74. The Morgan fingerprint density at radius 2 is 2.20 bits per heavy atom. The van der Waals surface area contributed by atoms with Gasteiger partial charge in [0.15, 0.2) is 0 Å². The predicted octanol–water partition coefficient (Wildman–Crippen LogP) is 1.74. The summed E-state index contributed by atoms with van der Waals surface area (Å²) in [6.45, 7) is 3.64. The highest BCUT2D eigenvalue weighted by Gasteiger charge is 2.35. The van der Waals surface area contributed by atoms with Gasteiger partial charge in [-0.3, -0.25) is 4.98 Å². The fraction of sp³-hybridized carbons (Fsp3) is 0.389. The van der Waals surface area contributed by atoms with Crippen LogP contribution in [0.4, 0.5) is 0 Å². The van der Waals surface area contributed by atoms with Crippen LogP contribution in [0.2, 0.25) is 0 Å². The highest BCUT2D eigenvalue weighted by Crippen LogP contribution is 2.34. The maximum Gasteiger partial charge on any atom is 0.243 e. The summed E-state index contributed by atoms with van der Waals surface area (Å²) in [5.41, 5.74) is 1.86. The van der Waals surface area contributed by atoms with Crippen LogP contribution in [0.15, 0.2) is 47.6 Å². The third kappa shape index (κ3) is 3.03.